The third-order valence-electron chi connectivity index (χ3n) is 4.49. The maximum absolute atomic E-state index is 13.6. The van der Waals surface area contributed by atoms with Crippen molar-refractivity contribution in [2.75, 3.05) is 5.32 Å². The number of nitrogens with zero attached hydrogens (tertiary/aromatic N) is 3. The Hall–Kier alpha value is -2.34. The maximum atomic E-state index is 13.6. The Balaban J connectivity index is 1.62. The van der Waals surface area contributed by atoms with E-state index in [2.05, 4.69) is 20.3 Å². The first-order chi connectivity index (χ1) is 12.3. The average Bonchev–Trinajstić information content (AvgIpc) is 3.13. The first kappa shape index (κ1) is 16.1. The Morgan fingerprint density at radius 1 is 1.08 bits per heavy atom. The van der Waals surface area contributed by atoms with Gasteiger partial charge in [0.15, 0.2) is 0 Å². The SMILES string of the molecule is Fc1cccc(-c2ncsc2-c2ccnc(NC3CCCCC3)n2)c1. The molecule has 2 aromatic heterocycles. The molecule has 25 heavy (non-hydrogen) atoms. The minimum Gasteiger partial charge on any atom is -0.351 e. The van der Waals surface area contributed by atoms with Gasteiger partial charge in [-0.3, -0.25) is 0 Å². The average molecular weight is 354 g/mol. The Kier molecular flexibility index (Phi) is 4.70. The molecule has 1 fully saturated rings. The Morgan fingerprint density at radius 2 is 1.96 bits per heavy atom. The largest absolute Gasteiger partial charge is 0.351 e. The number of nitrogens with one attached hydrogen (secondary N) is 1. The third kappa shape index (κ3) is 3.69. The van der Waals surface area contributed by atoms with Crippen LogP contribution in [0, 0.1) is 5.82 Å². The predicted molar refractivity (Wildman–Crippen MR) is 99.0 cm³/mol. The molecule has 0 atom stereocenters. The van der Waals surface area contributed by atoms with Crippen LogP contribution < -0.4 is 5.32 Å². The topological polar surface area (TPSA) is 50.7 Å². The van der Waals surface area contributed by atoms with E-state index in [-0.39, 0.29) is 5.82 Å². The Morgan fingerprint density at radius 3 is 2.80 bits per heavy atom. The van der Waals surface area contributed by atoms with Gasteiger partial charge < -0.3 is 5.32 Å². The fourth-order valence-corrected chi connectivity index (χ4v) is 4.03. The highest BCUT2D eigenvalue weighted by molar-refractivity contribution is 7.13. The summed E-state index contributed by atoms with van der Waals surface area (Å²) < 4.78 is 13.6. The van der Waals surface area contributed by atoms with Crippen molar-refractivity contribution in [2.45, 2.75) is 38.1 Å². The second-order valence-corrected chi connectivity index (χ2v) is 7.14. The molecule has 4 nitrogen and oxygen atoms in total. The zero-order valence-electron chi connectivity index (χ0n) is 13.8. The van der Waals surface area contributed by atoms with Crippen LogP contribution in [0.1, 0.15) is 32.1 Å². The second-order valence-electron chi connectivity index (χ2n) is 6.29. The maximum Gasteiger partial charge on any atom is 0.223 e. The van der Waals surface area contributed by atoms with Crippen molar-refractivity contribution in [1.29, 1.82) is 0 Å². The summed E-state index contributed by atoms with van der Waals surface area (Å²) in [4.78, 5) is 14.4. The highest BCUT2D eigenvalue weighted by atomic mass is 32.1. The van der Waals surface area contributed by atoms with Crippen molar-refractivity contribution in [2.24, 2.45) is 0 Å². The quantitative estimate of drug-likeness (QED) is 0.704. The van der Waals surface area contributed by atoms with Crippen LogP contribution in [0.25, 0.3) is 21.8 Å². The highest BCUT2D eigenvalue weighted by Crippen LogP contribution is 2.34. The zero-order chi connectivity index (χ0) is 17.1. The lowest BCUT2D eigenvalue weighted by Gasteiger charge is -2.22. The molecule has 1 aromatic carbocycles. The molecule has 4 rings (SSSR count). The summed E-state index contributed by atoms with van der Waals surface area (Å²) in [5.41, 5.74) is 4.10. The molecule has 1 saturated carbocycles. The molecule has 0 bridgehead atoms. The number of aromatic nitrogens is 3. The lowest BCUT2D eigenvalue weighted by molar-refractivity contribution is 0.461. The van der Waals surface area contributed by atoms with Gasteiger partial charge in [0, 0.05) is 17.8 Å². The zero-order valence-corrected chi connectivity index (χ0v) is 14.6. The van der Waals surface area contributed by atoms with Gasteiger partial charge in [0.05, 0.1) is 21.8 Å². The summed E-state index contributed by atoms with van der Waals surface area (Å²) in [6.07, 6.45) is 7.94. The first-order valence-electron chi connectivity index (χ1n) is 8.59. The van der Waals surface area contributed by atoms with Crippen molar-refractivity contribution in [3.05, 3.63) is 47.9 Å². The molecule has 0 unspecified atom stereocenters. The molecular formula is C19H19FN4S. The standard InChI is InChI=1S/C19H19FN4S/c20-14-6-4-5-13(11-14)17-18(25-12-22-17)16-9-10-21-19(24-16)23-15-7-2-1-3-8-15/h4-6,9-12,15H,1-3,7-8H2,(H,21,23,24). The molecule has 0 amide bonds. The van der Waals surface area contributed by atoms with Crippen LogP contribution in [-0.2, 0) is 0 Å². The van der Waals surface area contributed by atoms with Crippen LogP contribution >= 0.6 is 11.3 Å². The number of halogens is 1. The van der Waals surface area contributed by atoms with E-state index in [1.54, 1.807) is 17.8 Å². The number of hydrogen-bond acceptors (Lipinski definition) is 5. The van der Waals surface area contributed by atoms with E-state index in [1.165, 1.54) is 55.6 Å². The molecule has 1 N–H and O–H groups in total. The van der Waals surface area contributed by atoms with E-state index in [1.807, 2.05) is 12.1 Å². The minimum atomic E-state index is -0.265. The van der Waals surface area contributed by atoms with Crippen LogP contribution in [0.5, 0.6) is 0 Å². The molecule has 3 aromatic rings. The Labute approximate surface area is 150 Å². The van der Waals surface area contributed by atoms with E-state index in [0.29, 0.717) is 12.0 Å². The molecule has 0 saturated heterocycles. The van der Waals surface area contributed by atoms with Gasteiger partial charge >= 0.3 is 0 Å². The fourth-order valence-electron chi connectivity index (χ4n) is 3.25. The van der Waals surface area contributed by atoms with Gasteiger partial charge in [-0.1, -0.05) is 31.4 Å². The molecular weight excluding hydrogens is 335 g/mol. The number of anilines is 1. The van der Waals surface area contributed by atoms with E-state index < -0.39 is 0 Å². The predicted octanol–water partition coefficient (Wildman–Crippen LogP) is 5.15. The molecule has 2 heterocycles. The minimum absolute atomic E-state index is 0.265. The van der Waals surface area contributed by atoms with Crippen molar-refractivity contribution in [1.82, 2.24) is 15.0 Å². The molecule has 128 valence electrons. The second kappa shape index (κ2) is 7.27. The van der Waals surface area contributed by atoms with Gasteiger partial charge in [0.1, 0.15) is 5.82 Å². The molecule has 6 heteroatoms. The molecule has 1 aliphatic rings. The van der Waals surface area contributed by atoms with Gasteiger partial charge in [-0.05, 0) is 31.0 Å². The van der Waals surface area contributed by atoms with Crippen LogP contribution in [-0.4, -0.2) is 21.0 Å². The van der Waals surface area contributed by atoms with E-state index in [4.69, 9.17) is 0 Å². The summed E-state index contributed by atoms with van der Waals surface area (Å²) in [6.45, 7) is 0. The van der Waals surface area contributed by atoms with Gasteiger partial charge in [-0.25, -0.2) is 19.3 Å². The van der Waals surface area contributed by atoms with Crippen LogP contribution in [0.15, 0.2) is 42.0 Å². The van der Waals surface area contributed by atoms with Gasteiger partial charge in [0.2, 0.25) is 5.95 Å². The summed E-state index contributed by atoms with van der Waals surface area (Å²) in [5, 5.41) is 3.45. The van der Waals surface area contributed by atoms with Crippen molar-refractivity contribution in [3.63, 3.8) is 0 Å². The number of benzene rings is 1. The van der Waals surface area contributed by atoms with Crippen molar-refractivity contribution >= 4 is 17.3 Å². The van der Waals surface area contributed by atoms with Crippen LogP contribution in [0.3, 0.4) is 0 Å². The summed E-state index contributed by atoms with van der Waals surface area (Å²) in [6, 6.07) is 8.83. The van der Waals surface area contributed by atoms with E-state index >= 15 is 0 Å². The summed E-state index contributed by atoms with van der Waals surface area (Å²) in [5.74, 6) is 0.391. The summed E-state index contributed by atoms with van der Waals surface area (Å²) >= 11 is 1.51. The summed E-state index contributed by atoms with van der Waals surface area (Å²) in [7, 11) is 0. The monoisotopic (exact) mass is 354 g/mol. The van der Waals surface area contributed by atoms with E-state index in [9.17, 15) is 4.39 Å². The first-order valence-corrected chi connectivity index (χ1v) is 9.47. The third-order valence-corrected chi connectivity index (χ3v) is 5.34. The number of hydrogen-bond donors (Lipinski definition) is 1. The van der Waals surface area contributed by atoms with Crippen molar-refractivity contribution in [3.8, 4) is 21.8 Å². The molecule has 1 aliphatic carbocycles. The normalized spacial score (nSPS) is 15.2. The van der Waals surface area contributed by atoms with Gasteiger partial charge in [-0.2, -0.15) is 0 Å². The molecule has 0 spiro atoms. The molecule has 0 aliphatic heterocycles. The highest BCUT2D eigenvalue weighted by Gasteiger charge is 2.16. The smallest absolute Gasteiger partial charge is 0.223 e. The van der Waals surface area contributed by atoms with Crippen LogP contribution in [0.4, 0.5) is 10.3 Å². The number of thiazole rings is 1. The lowest BCUT2D eigenvalue weighted by Crippen LogP contribution is -2.23. The Bertz CT molecular complexity index is 858. The fraction of sp³-hybridized carbons (Fsp3) is 0.316. The van der Waals surface area contributed by atoms with Gasteiger partial charge in [-0.15, -0.1) is 11.3 Å². The molecule has 0 radical (unpaired) electrons. The van der Waals surface area contributed by atoms with Crippen molar-refractivity contribution < 1.29 is 4.39 Å². The van der Waals surface area contributed by atoms with Crippen LogP contribution in [0.2, 0.25) is 0 Å². The lowest BCUT2D eigenvalue weighted by atomic mass is 9.96. The van der Waals surface area contributed by atoms with E-state index in [0.717, 1.165) is 21.8 Å². The number of rotatable bonds is 4. The van der Waals surface area contributed by atoms with Gasteiger partial charge in [0.25, 0.3) is 0 Å².